The van der Waals surface area contributed by atoms with Crippen LogP contribution in [0.25, 0.3) is 0 Å². The summed E-state index contributed by atoms with van der Waals surface area (Å²) in [5.41, 5.74) is 3.83. The molecule has 0 bridgehead atoms. The zero-order valence-corrected chi connectivity index (χ0v) is 17.7. The molecule has 0 spiro atoms. The van der Waals surface area contributed by atoms with Crippen LogP contribution in [0.3, 0.4) is 0 Å². The summed E-state index contributed by atoms with van der Waals surface area (Å²) in [6, 6.07) is 15.6. The van der Waals surface area contributed by atoms with E-state index < -0.39 is 0 Å². The van der Waals surface area contributed by atoms with Crippen molar-refractivity contribution in [1.82, 2.24) is 10.6 Å². The molecule has 1 heterocycles. The van der Waals surface area contributed by atoms with Gasteiger partial charge in [0.1, 0.15) is 11.5 Å². The summed E-state index contributed by atoms with van der Waals surface area (Å²) in [7, 11) is 0. The van der Waals surface area contributed by atoms with Crippen molar-refractivity contribution in [1.29, 1.82) is 0 Å². The molecular weight excluding hydrogens is 368 g/mol. The number of carbonyl (C=O) groups is 1. The smallest absolute Gasteiger partial charge is 0.171 e. The zero-order valence-electron chi connectivity index (χ0n) is 16.9. The van der Waals surface area contributed by atoms with Crippen molar-refractivity contribution in [2.24, 2.45) is 0 Å². The Morgan fingerprint density at radius 3 is 2.04 bits per heavy atom. The first-order chi connectivity index (χ1) is 13.1. The quantitative estimate of drug-likeness (QED) is 0.702. The van der Waals surface area contributed by atoms with E-state index in [-0.39, 0.29) is 17.2 Å². The summed E-state index contributed by atoms with van der Waals surface area (Å²) in [4.78, 5) is 12.1. The van der Waals surface area contributed by atoms with Gasteiger partial charge in [0.15, 0.2) is 10.9 Å². The van der Waals surface area contributed by atoms with Crippen LogP contribution in [0.1, 0.15) is 51.8 Å². The number of carbonyl (C=O) groups excluding carboxylic acids is 1. The van der Waals surface area contributed by atoms with Crippen molar-refractivity contribution in [3.63, 3.8) is 0 Å². The second-order valence-electron chi connectivity index (χ2n) is 8.07. The van der Waals surface area contributed by atoms with Gasteiger partial charge in [0.2, 0.25) is 0 Å². The molecule has 1 aliphatic rings. The molecule has 0 aliphatic carbocycles. The van der Waals surface area contributed by atoms with E-state index in [0.29, 0.717) is 10.7 Å². The number of rotatable bonds is 4. The van der Waals surface area contributed by atoms with E-state index >= 15 is 0 Å². The van der Waals surface area contributed by atoms with Crippen LogP contribution in [-0.4, -0.2) is 10.9 Å². The fraction of sp³-hybridized carbons (Fsp3) is 0.304. The van der Waals surface area contributed by atoms with E-state index in [1.165, 1.54) is 5.56 Å². The van der Waals surface area contributed by atoms with Gasteiger partial charge in [0.25, 0.3) is 0 Å². The van der Waals surface area contributed by atoms with E-state index in [1.54, 1.807) is 6.92 Å². The van der Waals surface area contributed by atoms with Crippen LogP contribution in [-0.2, 0) is 10.2 Å². The number of allylic oxidation sites excluding steroid dienone is 1. The van der Waals surface area contributed by atoms with E-state index in [2.05, 4.69) is 43.5 Å². The minimum Gasteiger partial charge on any atom is -0.457 e. The minimum atomic E-state index is -0.258. The number of benzene rings is 2. The molecule has 146 valence electrons. The molecule has 1 atom stereocenters. The first kappa shape index (κ1) is 20.1. The Labute approximate surface area is 172 Å². The number of Topliss-reactive ketones (excluding diaryl/α,β-unsaturated/α-hetero) is 1. The Morgan fingerprint density at radius 1 is 1.00 bits per heavy atom. The van der Waals surface area contributed by atoms with Crippen LogP contribution in [0, 0.1) is 0 Å². The molecule has 3 rings (SSSR count). The summed E-state index contributed by atoms with van der Waals surface area (Å²) < 4.78 is 5.97. The van der Waals surface area contributed by atoms with Gasteiger partial charge in [-0.15, -0.1) is 0 Å². The highest BCUT2D eigenvalue weighted by Crippen LogP contribution is 2.30. The number of hydrogen-bond donors (Lipinski definition) is 2. The maximum Gasteiger partial charge on any atom is 0.171 e. The SMILES string of the molecule is CC(=O)C1=C(C)NC(=S)NC1c1ccc(Oc2ccc(C(C)(C)C)cc2)cc1. The Kier molecular flexibility index (Phi) is 5.57. The predicted molar refractivity (Wildman–Crippen MR) is 117 cm³/mol. The largest absolute Gasteiger partial charge is 0.457 e. The Balaban J connectivity index is 1.79. The molecule has 2 aromatic rings. The standard InChI is InChI=1S/C23H26N2O2S/c1-14-20(15(2)26)21(25-22(28)24-14)16-6-10-18(11-7-16)27-19-12-8-17(9-13-19)23(3,4)5/h6-13,21H,1-5H3,(H2,24,25,28). The number of hydrogen-bond acceptors (Lipinski definition) is 3. The zero-order chi connectivity index (χ0) is 20.5. The molecule has 0 fully saturated rings. The maximum absolute atomic E-state index is 12.1. The molecule has 0 radical (unpaired) electrons. The second-order valence-corrected chi connectivity index (χ2v) is 8.48. The molecule has 2 aromatic carbocycles. The molecule has 0 saturated heterocycles. The van der Waals surface area contributed by atoms with Gasteiger partial charge in [-0.1, -0.05) is 45.0 Å². The molecule has 5 heteroatoms. The van der Waals surface area contributed by atoms with Gasteiger partial charge in [-0.3, -0.25) is 4.79 Å². The maximum atomic E-state index is 12.1. The number of ketones is 1. The lowest BCUT2D eigenvalue weighted by atomic mass is 9.87. The monoisotopic (exact) mass is 394 g/mol. The fourth-order valence-electron chi connectivity index (χ4n) is 3.30. The summed E-state index contributed by atoms with van der Waals surface area (Å²) in [6.07, 6.45) is 0. The molecular formula is C23H26N2O2S. The van der Waals surface area contributed by atoms with Crippen LogP contribution in [0.15, 0.2) is 59.8 Å². The van der Waals surface area contributed by atoms with Gasteiger partial charge < -0.3 is 15.4 Å². The third-order valence-electron chi connectivity index (χ3n) is 4.82. The normalized spacial score (nSPS) is 17.0. The van der Waals surface area contributed by atoms with Gasteiger partial charge in [0, 0.05) is 11.3 Å². The van der Waals surface area contributed by atoms with E-state index in [4.69, 9.17) is 17.0 Å². The van der Waals surface area contributed by atoms with Crippen molar-refractivity contribution in [2.75, 3.05) is 0 Å². The first-order valence-electron chi connectivity index (χ1n) is 9.33. The molecule has 1 aliphatic heterocycles. The molecule has 0 saturated carbocycles. The third kappa shape index (κ3) is 4.42. The van der Waals surface area contributed by atoms with Crippen molar-refractivity contribution in [3.8, 4) is 11.5 Å². The van der Waals surface area contributed by atoms with Gasteiger partial charge in [0.05, 0.1) is 6.04 Å². The van der Waals surface area contributed by atoms with Crippen LogP contribution >= 0.6 is 12.2 Å². The topological polar surface area (TPSA) is 50.4 Å². The van der Waals surface area contributed by atoms with Gasteiger partial charge in [-0.2, -0.15) is 0 Å². The number of nitrogens with one attached hydrogen (secondary N) is 2. The number of thiocarbonyl (C=S) groups is 1. The average molecular weight is 395 g/mol. The summed E-state index contributed by atoms with van der Waals surface area (Å²) in [5, 5.41) is 6.73. The van der Waals surface area contributed by atoms with Crippen molar-refractivity contribution >= 4 is 23.1 Å². The van der Waals surface area contributed by atoms with E-state index in [1.807, 2.05) is 43.3 Å². The highest BCUT2D eigenvalue weighted by molar-refractivity contribution is 7.80. The highest BCUT2D eigenvalue weighted by atomic mass is 32.1. The first-order valence-corrected chi connectivity index (χ1v) is 9.73. The molecule has 4 nitrogen and oxygen atoms in total. The average Bonchev–Trinajstić information content (AvgIpc) is 2.61. The molecule has 0 amide bonds. The van der Waals surface area contributed by atoms with Crippen LogP contribution in [0.4, 0.5) is 0 Å². The molecule has 2 N–H and O–H groups in total. The summed E-state index contributed by atoms with van der Waals surface area (Å²) in [6.45, 7) is 10.0. The fourth-order valence-corrected chi connectivity index (χ4v) is 3.57. The van der Waals surface area contributed by atoms with Crippen molar-refractivity contribution in [2.45, 2.75) is 46.1 Å². The summed E-state index contributed by atoms with van der Waals surface area (Å²) >= 11 is 5.26. The Hall–Kier alpha value is -2.66. The minimum absolute atomic E-state index is 0.0178. The Bertz CT molecular complexity index is 923. The lowest BCUT2D eigenvalue weighted by molar-refractivity contribution is -0.114. The van der Waals surface area contributed by atoms with Gasteiger partial charge in [-0.25, -0.2) is 0 Å². The molecule has 1 unspecified atom stereocenters. The highest BCUT2D eigenvalue weighted by Gasteiger charge is 2.27. The van der Waals surface area contributed by atoms with Gasteiger partial charge in [-0.05, 0) is 66.9 Å². The third-order valence-corrected chi connectivity index (χ3v) is 5.04. The lowest BCUT2D eigenvalue weighted by Gasteiger charge is -2.29. The van der Waals surface area contributed by atoms with Crippen molar-refractivity contribution in [3.05, 3.63) is 70.9 Å². The van der Waals surface area contributed by atoms with E-state index in [9.17, 15) is 4.79 Å². The number of ether oxygens (including phenoxy) is 1. The Morgan fingerprint density at radius 2 is 1.54 bits per heavy atom. The van der Waals surface area contributed by atoms with Crippen LogP contribution in [0.5, 0.6) is 11.5 Å². The van der Waals surface area contributed by atoms with Crippen LogP contribution < -0.4 is 15.4 Å². The van der Waals surface area contributed by atoms with Crippen LogP contribution in [0.2, 0.25) is 0 Å². The summed E-state index contributed by atoms with van der Waals surface area (Å²) in [5.74, 6) is 1.56. The molecule has 0 aromatic heterocycles. The van der Waals surface area contributed by atoms with E-state index in [0.717, 1.165) is 22.8 Å². The van der Waals surface area contributed by atoms with Crippen molar-refractivity contribution < 1.29 is 9.53 Å². The molecule has 28 heavy (non-hydrogen) atoms. The lowest BCUT2D eigenvalue weighted by Crippen LogP contribution is -2.44. The van der Waals surface area contributed by atoms with Gasteiger partial charge >= 0.3 is 0 Å². The predicted octanol–water partition coefficient (Wildman–Crippen LogP) is 5.16. The second kappa shape index (κ2) is 7.76.